The molecule has 25 heavy (non-hydrogen) atoms. The number of aromatic nitrogens is 2. The fourth-order valence-electron chi connectivity index (χ4n) is 3.61. The first-order valence-corrected chi connectivity index (χ1v) is 9.03. The van der Waals surface area contributed by atoms with Gasteiger partial charge in [0.05, 0.1) is 6.10 Å². The third-order valence-electron chi connectivity index (χ3n) is 4.96. The van der Waals surface area contributed by atoms with Gasteiger partial charge in [-0.1, -0.05) is 30.3 Å². The van der Waals surface area contributed by atoms with Gasteiger partial charge in [0.15, 0.2) is 5.69 Å². The van der Waals surface area contributed by atoms with Crippen molar-refractivity contribution in [2.75, 3.05) is 19.7 Å². The second kappa shape index (κ2) is 7.37. The van der Waals surface area contributed by atoms with Gasteiger partial charge in [-0.05, 0) is 18.4 Å². The Hall–Kier alpha value is -2.18. The molecule has 0 saturated carbocycles. The van der Waals surface area contributed by atoms with Gasteiger partial charge in [-0.15, -0.1) is 0 Å². The van der Waals surface area contributed by atoms with E-state index in [2.05, 4.69) is 27.6 Å². The Balaban J connectivity index is 1.57. The molecule has 0 bridgehead atoms. The molecule has 3 heterocycles. The summed E-state index contributed by atoms with van der Waals surface area (Å²) < 4.78 is 5.77. The first-order valence-electron chi connectivity index (χ1n) is 9.03. The number of benzene rings is 1. The third-order valence-corrected chi connectivity index (χ3v) is 4.96. The molecule has 1 saturated heterocycles. The quantitative estimate of drug-likeness (QED) is 0.872. The lowest BCUT2D eigenvalue weighted by atomic mass is 10.1. The number of fused-ring (bicyclic) bond motifs is 1. The maximum atomic E-state index is 13.2. The Labute approximate surface area is 147 Å². The molecule has 1 aromatic carbocycles. The summed E-state index contributed by atoms with van der Waals surface area (Å²) in [6.07, 6.45) is 3.10. The summed E-state index contributed by atoms with van der Waals surface area (Å²) >= 11 is 0. The van der Waals surface area contributed by atoms with E-state index >= 15 is 0 Å². The third kappa shape index (κ3) is 3.60. The summed E-state index contributed by atoms with van der Waals surface area (Å²) in [4.78, 5) is 15.1. The lowest BCUT2D eigenvalue weighted by Crippen LogP contribution is -2.38. The molecule has 1 fully saturated rings. The van der Waals surface area contributed by atoms with Crippen LogP contribution in [0.5, 0.6) is 0 Å². The molecule has 0 aliphatic carbocycles. The minimum Gasteiger partial charge on any atom is -0.376 e. The normalized spacial score (nSPS) is 19.6. The molecule has 132 valence electrons. The van der Waals surface area contributed by atoms with Crippen molar-refractivity contribution in [2.45, 2.75) is 38.5 Å². The van der Waals surface area contributed by atoms with Crippen molar-refractivity contribution < 1.29 is 9.53 Å². The van der Waals surface area contributed by atoms with E-state index < -0.39 is 0 Å². The smallest absolute Gasteiger partial charge is 0.275 e. The second-order valence-corrected chi connectivity index (χ2v) is 6.76. The molecule has 1 aromatic heterocycles. The number of ether oxygens (including phenoxy) is 1. The van der Waals surface area contributed by atoms with Crippen molar-refractivity contribution in [1.82, 2.24) is 20.4 Å². The number of hydrogen-bond acceptors (Lipinski definition) is 4. The first kappa shape index (κ1) is 16.3. The molecule has 1 unspecified atom stereocenters. The Bertz CT molecular complexity index is 722. The molecule has 6 heteroatoms. The number of nitrogens with one attached hydrogen (secondary N) is 2. The maximum Gasteiger partial charge on any atom is 0.275 e. The average molecular weight is 340 g/mol. The largest absolute Gasteiger partial charge is 0.376 e. The van der Waals surface area contributed by atoms with E-state index in [9.17, 15) is 4.79 Å². The van der Waals surface area contributed by atoms with Crippen LogP contribution >= 0.6 is 0 Å². The van der Waals surface area contributed by atoms with Gasteiger partial charge in [0.2, 0.25) is 0 Å². The van der Waals surface area contributed by atoms with Crippen LogP contribution in [0.2, 0.25) is 0 Å². The number of aromatic amines is 1. The topological polar surface area (TPSA) is 70.2 Å². The van der Waals surface area contributed by atoms with Crippen molar-refractivity contribution in [1.29, 1.82) is 0 Å². The molecule has 1 atom stereocenters. The van der Waals surface area contributed by atoms with Crippen molar-refractivity contribution in [3.63, 3.8) is 0 Å². The first-order chi connectivity index (χ1) is 12.3. The predicted molar refractivity (Wildman–Crippen MR) is 94.2 cm³/mol. The van der Waals surface area contributed by atoms with Gasteiger partial charge in [0.25, 0.3) is 5.91 Å². The Kier molecular flexibility index (Phi) is 4.81. The Morgan fingerprint density at radius 2 is 2.20 bits per heavy atom. The molecular weight excluding hydrogens is 316 g/mol. The van der Waals surface area contributed by atoms with Crippen molar-refractivity contribution in [3.05, 3.63) is 52.8 Å². The fourth-order valence-corrected chi connectivity index (χ4v) is 3.61. The molecule has 2 N–H and O–H groups in total. The van der Waals surface area contributed by atoms with E-state index in [4.69, 9.17) is 4.74 Å². The van der Waals surface area contributed by atoms with E-state index in [0.29, 0.717) is 25.3 Å². The van der Waals surface area contributed by atoms with Gasteiger partial charge in [-0.2, -0.15) is 5.10 Å². The van der Waals surface area contributed by atoms with Gasteiger partial charge in [-0.25, -0.2) is 0 Å². The van der Waals surface area contributed by atoms with Crippen molar-refractivity contribution in [3.8, 4) is 0 Å². The summed E-state index contributed by atoms with van der Waals surface area (Å²) in [6.45, 7) is 3.61. The fraction of sp³-hybridized carbons (Fsp3) is 0.474. The number of carbonyl (C=O) groups excluding carboxylic acids is 1. The predicted octanol–water partition coefficient (Wildman–Crippen LogP) is 1.88. The summed E-state index contributed by atoms with van der Waals surface area (Å²) in [7, 11) is 0. The Morgan fingerprint density at radius 3 is 3.00 bits per heavy atom. The van der Waals surface area contributed by atoms with Crippen LogP contribution < -0.4 is 5.32 Å². The zero-order valence-corrected chi connectivity index (χ0v) is 14.3. The molecule has 2 aliphatic rings. The lowest BCUT2D eigenvalue weighted by Gasteiger charge is -2.25. The molecule has 2 aliphatic heterocycles. The van der Waals surface area contributed by atoms with Crippen LogP contribution in [0.15, 0.2) is 30.3 Å². The molecule has 0 spiro atoms. The highest BCUT2D eigenvalue weighted by atomic mass is 16.5. The molecule has 1 amide bonds. The molecular formula is C19H24N4O2. The van der Waals surface area contributed by atoms with E-state index in [1.54, 1.807) is 0 Å². The number of H-pyrrole nitrogens is 1. The SMILES string of the molecule is O=C(c1n[nH]c2c1CNCC2)N(Cc1ccccc1)CC1CCCO1. The number of nitrogens with zero attached hydrogens (tertiary/aromatic N) is 2. The zero-order chi connectivity index (χ0) is 17.1. The van der Waals surface area contributed by atoms with Crippen molar-refractivity contribution >= 4 is 5.91 Å². The number of carbonyl (C=O) groups is 1. The van der Waals surface area contributed by atoms with E-state index in [0.717, 1.165) is 49.2 Å². The number of hydrogen-bond donors (Lipinski definition) is 2. The van der Waals surface area contributed by atoms with Gasteiger partial charge >= 0.3 is 0 Å². The van der Waals surface area contributed by atoms with Crippen molar-refractivity contribution in [2.24, 2.45) is 0 Å². The zero-order valence-electron chi connectivity index (χ0n) is 14.3. The maximum absolute atomic E-state index is 13.2. The highest BCUT2D eigenvalue weighted by molar-refractivity contribution is 5.94. The highest BCUT2D eigenvalue weighted by Gasteiger charge is 2.28. The highest BCUT2D eigenvalue weighted by Crippen LogP contribution is 2.20. The van der Waals surface area contributed by atoms with Crippen LogP contribution in [0, 0.1) is 0 Å². The molecule has 0 radical (unpaired) electrons. The lowest BCUT2D eigenvalue weighted by molar-refractivity contribution is 0.0502. The van der Waals surface area contributed by atoms with Crippen LogP contribution in [0.3, 0.4) is 0 Å². The van der Waals surface area contributed by atoms with Gasteiger partial charge < -0.3 is 15.0 Å². The summed E-state index contributed by atoms with van der Waals surface area (Å²) in [5, 5.41) is 10.7. The van der Waals surface area contributed by atoms with E-state index in [1.165, 1.54) is 0 Å². The van der Waals surface area contributed by atoms with E-state index in [-0.39, 0.29) is 12.0 Å². The minimum absolute atomic E-state index is 0.0134. The summed E-state index contributed by atoms with van der Waals surface area (Å²) in [6, 6.07) is 10.1. The average Bonchev–Trinajstić information content (AvgIpc) is 3.31. The van der Waals surface area contributed by atoms with Crippen LogP contribution in [0.4, 0.5) is 0 Å². The van der Waals surface area contributed by atoms with Gasteiger partial charge in [0.1, 0.15) is 0 Å². The number of rotatable bonds is 5. The van der Waals surface area contributed by atoms with Crippen LogP contribution in [-0.4, -0.2) is 46.8 Å². The van der Waals surface area contributed by atoms with Gasteiger partial charge in [0, 0.05) is 50.5 Å². The summed E-state index contributed by atoms with van der Waals surface area (Å²) in [5.41, 5.74) is 3.77. The number of amides is 1. The van der Waals surface area contributed by atoms with Crippen LogP contribution in [0.25, 0.3) is 0 Å². The molecule has 2 aromatic rings. The monoisotopic (exact) mass is 340 g/mol. The standard InChI is InChI=1S/C19H24N4O2/c24-19(18-16-11-20-9-8-17(16)21-22-18)23(13-15-7-4-10-25-15)12-14-5-2-1-3-6-14/h1-3,5-6,15,20H,4,7-13H2,(H,21,22). The van der Waals surface area contributed by atoms with Crippen LogP contribution in [0.1, 0.15) is 40.2 Å². The molecule has 6 nitrogen and oxygen atoms in total. The van der Waals surface area contributed by atoms with Crippen LogP contribution in [-0.2, 0) is 24.2 Å². The summed E-state index contributed by atoms with van der Waals surface area (Å²) in [5.74, 6) is -0.0134. The van der Waals surface area contributed by atoms with E-state index in [1.807, 2.05) is 23.1 Å². The van der Waals surface area contributed by atoms with Gasteiger partial charge in [-0.3, -0.25) is 9.89 Å². The second-order valence-electron chi connectivity index (χ2n) is 6.76. The minimum atomic E-state index is -0.0134. The Morgan fingerprint density at radius 1 is 1.32 bits per heavy atom. The molecule has 4 rings (SSSR count).